The Morgan fingerprint density at radius 2 is 0.750 bits per heavy atom. The molecule has 4 nitrogen and oxygen atoms in total. The molecule has 2 aliphatic heterocycles. The van der Waals surface area contributed by atoms with E-state index in [1.807, 2.05) is 0 Å². The van der Waals surface area contributed by atoms with Gasteiger partial charge in [-0.3, -0.25) is 0 Å². The number of rotatable bonds is 4. The van der Waals surface area contributed by atoms with Crippen molar-refractivity contribution in [3.63, 3.8) is 0 Å². The van der Waals surface area contributed by atoms with Crippen LogP contribution in [-0.2, 0) is 18.6 Å². The minimum absolute atomic E-state index is 0.139. The molecule has 2 saturated heterocycles. The third-order valence-electron chi connectivity index (χ3n) is 7.70. The Morgan fingerprint density at radius 1 is 0.500 bits per heavy atom. The molecule has 2 aromatic rings. The standard InChI is InChI=1S/2C13H23BO2SeSi/c2*1-12(2)13(3,4)16-14(15-12)10-8-9-11(17-10)18(5,6)7/h2*8-9H,1-7H3. The van der Waals surface area contributed by atoms with Gasteiger partial charge in [0.05, 0.1) is 0 Å². The van der Waals surface area contributed by atoms with Crippen molar-refractivity contribution in [2.75, 3.05) is 0 Å². The van der Waals surface area contributed by atoms with Crippen LogP contribution in [0.15, 0.2) is 24.3 Å². The van der Waals surface area contributed by atoms with E-state index in [0.29, 0.717) is 29.0 Å². The summed E-state index contributed by atoms with van der Waals surface area (Å²) in [7, 11) is -2.60. The molecule has 2 aliphatic rings. The molecule has 0 N–H and O–H groups in total. The number of hydrogen-bond donors (Lipinski definition) is 0. The monoisotopic (exact) mass is 660 g/mol. The quantitative estimate of drug-likeness (QED) is 0.474. The molecule has 0 bridgehead atoms. The third-order valence-corrected chi connectivity index (χ3v) is 23.6. The maximum atomic E-state index is 6.12. The van der Waals surface area contributed by atoms with Crippen LogP contribution in [0.1, 0.15) is 55.4 Å². The normalized spacial score (nSPS) is 22.5. The van der Waals surface area contributed by atoms with Gasteiger partial charge in [-0.1, -0.05) is 0 Å². The van der Waals surface area contributed by atoms with Crippen LogP contribution in [0.5, 0.6) is 0 Å². The molecule has 0 spiro atoms. The molecule has 0 radical (unpaired) electrons. The molecule has 2 fully saturated rings. The fourth-order valence-corrected chi connectivity index (χ4v) is 13.6. The Bertz CT molecular complexity index is 948. The Kier molecular flexibility index (Phi) is 8.68. The molecular weight excluding hydrogens is 612 g/mol. The first-order valence-corrected chi connectivity index (χ1v) is 23.4. The molecule has 0 aromatic carbocycles. The molecule has 0 unspecified atom stereocenters. The van der Waals surface area contributed by atoms with Gasteiger partial charge in [-0.25, -0.2) is 0 Å². The Hall–Kier alpha value is 0.403. The number of hydrogen-bond acceptors (Lipinski definition) is 4. The van der Waals surface area contributed by atoms with Crippen LogP contribution in [0, 0.1) is 0 Å². The predicted octanol–water partition coefficient (Wildman–Crippen LogP) is 3.18. The Balaban J connectivity index is 0.000000201. The van der Waals surface area contributed by atoms with Crippen LogP contribution in [-0.4, -0.2) is 81.8 Å². The second kappa shape index (κ2) is 10.1. The van der Waals surface area contributed by atoms with Gasteiger partial charge in [0, 0.05) is 0 Å². The van der Waals surface area contributed by atoms with Gasteiger partial charge in [0.15, 0.2) is 0 Å². The van der Waals surface area contributed by atoms with Gasteiger partial charge >= 0.3 is 236 Å². The van der Waals surface area contributed by atoms with E-state index in [9.17, 15) is 0 Å². The van der Waals surface area contributed by atoms with Crippen molar-refractivity contribution in [3.8, 4) is 0 Å². The summed E-state index contributed by atoms with van der Waals surface area (Å²) >= 11 is 0.845. The van der Waals surface area contributed by atoms with Crippen molar-refractivity contribution in [1.29, 1.82) is 0 Å². The molecule has 4 rings (SSSR count). The van der Waals surface area contributed by atoms with Crippen molar-refractivity contribution in [2.45, 2.75) is 117 Å². The summed E-state index contributed by atoms with van der Waals surface area (Å²) in [6.45, 7) is 31.3. The predicted molar refractivity (Wildman–Crippen MR) is 164 cm³/mol. The summed E-state index contributed by atoms with van der Waals surface area (Å²) < 4.78 is 30.5. The van der Waals surface area contributed by atoms with Crippen LogP contribution in [0.4, 0.5) is 0 Å². The van der Waals surface area contributed by atoms with Gasteiger partial charge in [0.2, 0.25) is 0 Å². The van der Waals surface area contributed by atoms with Gasteiger partial charge in [0.25, 0.3) is 0 Å². The van der Waals surface area contributed by atoms with Crippen molar-refractivity contribution in [2.24, 2.45) is 0 Å². The topological polar surface area (TPSA) is 36.9 Å². The molecule has 0 atom stereocenters. The van der Waals surface area contributed by atoms with E-state index in [4.69, 9.17) is 18.6 Å². The maximum absolute atomic E-state index is 6.12. The van der Waals surface area contributed by atoms with E-state index >= 15 is 0 Å². The minimum atomic E-state index is -1.16. The summed E-state index contributed by atoms with van der Waals surface area (Å²) in [4.78, 5) is 0. The van der Waals surface area contributed by atoms with Crippen molar-refractivity contribution in [1.82, 2.24) is 0 Å². The van der Waals surface area contributed by atoms with Crippen molar-refractivity contribution >= 4 is 76.2 Å². The molecule has 200 valence electrons. The first-order chi connectivity index (χ1) is 16.1. The fraction of sp³-hybridized carbons (Fsp3) is 0.692. The van der Waals surface area contributed by atoms with E-state index in [1.165, 1.54) is 8.67 Å². The molecule has 36 heavy (non-hydrogen) atoms. The van der Waals surface area contributed by atoms with E-state index < -0.39 is 16.1 Å². The summed E-state index contributed by atoms with van der Waals surface area (Å²) in [5.41, 5.74) is -0.903. The summed E-state index contributed by atoms with van der Waals surface area (Å²) in [6.07, 6.45) is 0. The van der Waals surface area contributed by atoms with Crippen molar-refractivity contribution < 1.29 is 18.6 Å². The first kappa shape index (κ1) is 30.9. The van der Waals surface area contributed by atoms with Crippen molar-refractivity contribution in [3.05, 3.63) is 24.3 Å². The van der Waals surface area contributed by atoms with Gasteiger partial charge in [-0.15, -0.1) is 0 Å². The zero-order valence-corrected chi connectivity index (χ0v) is 30.3. The molecule has 0 saturated carbocycles. The average Bonchev–Trinajstić information content (AvgIpc) is 3.41. The van der Waals surface area contributed by atoms with E-state index in [2.05, 4.69) is 119 Å². The summed E-state index contributed by atoms with van der Waals surface area (Å²) in [5, 5.41) is 0. The van der Waals surface area contributed by atoms with E-state index in [-0.39, 0.29) is 36.6 Å². The fourth-order valence-electron chi connectivity index (χ4n) is 3.68. The molecular formula is C26H46B2O4Se2Si2. The molecule has 2 aromatic heterocycles. The zero-order valence-electron chi connectivity index (χ0n) is 24.9. The van der Waals surface area contributed by atoms with E-state index in [1.54, 1.807) is 8.12 Å². The summed E-state index contributed by atoms with van der Waals surface area (Å²) in [6, 6.07) is 9.09. The van der Waals surface area contributed by atoms with Gasteiger partial charge in [-0.2, -0.15) is 0 Å². The van der Waals surface area contributed by atoms with Gasteiger partial charge in [0.1, 0.15) is 0 Å². The average molecular weight is 658 g/mol. The SMILES string of the molecule is CC1(C)OB(c2ccc([Si](C)(C)C)[se]2)OC1(C)C.CC1(C)OB(c2ccc([Si](C)(C)C)[se]2)OC1(C)C. The molecule has 10 heteroatoms. The van der Waals surface area contributed by atoms with Crippen LogP contribution < -0.4 is 16.8 Å². The third kappa shape index (κ3) is 6.58. The molecule has 0 aliphatic carbocycles. The molecule has 4 heterocycles. The second-order valence-electron chi connectivity index (χ2n) is 14.1. The van der Waals surface area contributed by atoms with Gasteiger partial charge in [-0.05, 0) is 0 Å². The van der Waals surface area contributed by atoms with Crippen LogP contribution in [0.2, 0.25) is 39.3 Å². The van der Waals surface area contributed by atoms with Gasteiger partial charge < -0.3 is 0 Å². The van der Waals surface area contributed by atoms with E-state index in [0.717, 1.165) is 0 Å². The van der Waals surface area contributed by atoms with Crippen LogP contribution in [0.25, 0.3) is 0 Å². The van der Waals surface area contributed by atoms with Crippen LogP contribution >= 0.6 is 0 Å². The zero-order chi connectivity index (χ0) is 27.5. The van der Waals surface area contributed by atoms with Crippen LogP contribution in [0.3, 0.4) is 0 Å². The second-order valence-corrected chi connectivity index (χ2v) is 30.5. The first-order valence-electron chi connectivity index (χ1n) is 13.0. The Morgan fingerprint density at radius 3 is 0.944 bits per heavy atom. The Labute approximate surface area is 235 Å². The summed E-state index contributed by atoms with van der Waals surface area (Å²) in [5.74, 6) is 0. The molecule has 0 amide bonds.